The molecule has 1 rings (SSSR count). The molecule has 18 heavy (non-hydrogen) atoms. The standard InChI is InChI=1S/C13H21NO3S/c1-6-14-18(15,16)10-7-8-12(17-5)11(9-10)13(2,3)4/h7-9,14H,6H2,1-5H3. The lowest BCUT2D eigenvalue weighted by Gasteiger charge is -2.22. The lowest BCUT2D eigenvalue weighted by Crippen LogP contribution is -2.24. The Kier molecular flexibility index (Phi) is 4.40. The van der Waals surface area contributed by atoms with Gasteiger partial charge in [0.1, 0.15) is 5.75 Å². The summed E-state index contributed by atoms with van der Waals surface area (Å²) < 4.78 is 31.7. The molecule has 0 radical (unpaired) electrons. The molecule has 0 aromatic heterocycles. The van der Waals surface area contributed by atoms with E-state index in [1.54, 1.807) is 32.2 Å². The molecule has 0 aliphatic heterocycles. The van der Waals surface area contributed by atoms with Crippen LogP contribution in [0.1, 0.15) is 33.3 Å². The van der Waals surface area contributed by atoms with E-state index in [-0.39, 0.29) is 10.3 Å². The molecule has 0 bridgehead atoms. The Morgan fingerprint density at radius 1 is 1.28 bits per heavy atom. The third kappa shape index (κ3) is 3.23. The first-order chi connectivity index (χ1) is 8.22. The van der Waals surface area contributed by atoms with Crippen molar-refractivity contribution in [3.63, 3.8) is 0 Å². The maximum Gasteiger partial charge on any atom is 0.240 e. The quantitative estimate of drug-likeness (QED) is 0.914. The third-order valence-corrected chi connectivity index (χ3v) is 4.17. The molecule has 1 aromatic carbocycles. The van der Waals surface area contributed by atoms with Crippen molar-refractivity contribution in [1.29, 1.82) is 0 Å². The van der Waals surface area contributed by atoms with Gasteiger partial charge in [-0.1, -0.05) is 27.7 Å². The predicted molar refractivity (Wildman–Crippen MR) is 72.6 cm³/mol. The molecular formula is C13H21NO3S. The van der Waals surface area contributed by atoms with Crippen molar-refractivity contribution in [1.82, 2.24) is 4.72 Å². The normalized spacial score (nSPS) is 12.5. The van der Waals surface area contributed by atoms with E-state index in [4.69, 9.17) is 4.74 Å². The molecule has 0 unspecified atom stereocenters. The molecule has 0 atom stereocenters. The Bertz CT molecular complexity index is 516. The summed E-state index contributed by atoms with van der Waals surface area (Å²) >= 11 is 0. The first-order valence-corrected chi connectivity index (χ1v) is 7.39. The topological polar surface area (TPSA) is 55.4 Å². The fraction of sp³-hybridized carbons (Fsp3) is 0.538. The zero-order chi connectivity index (χ0) is 14.0. The maximum atomic E-state index is 12.0. The predicted octanol–water partition coefficient (Wildman–Crippen LogP) is 2.29. The van der Waals surface area contributed by atoms with Gasteiger partial charge in [0, 0.05) is 12.1 Å². The second kappa shape index (κ2) is 5.28. The molecule has 0 amide bonds. The van der Waals surface area contributed by atoms with E-state index in [0.29, 0.717) is 12.3 Å². The molecule has 4 nitrogen and oxygen atoms in total. The molecule has 0 saturated heterocycles. The highest BCUT2D eigenvalue weighted by molar-refractivity contribution is 7.89. The van der Waals surface area contributed by atoms with Gasteiger partial charge in [-0.15, -0.1) is 0 Å². The van der Waals surface area contributed by atoms with Gasteiger partial charge in [-0.25, -0.2) is 13.1 Å². The summed E-state index contributed by atoms with van der Waals surface area (Å²) in [6.07, 6.45) is 0. The van der Waals surface area contributed by atoms with Gasteiger partial charge in [-0.3, -0.25) is 0 Å². The van der Waals surface area contributed by atoms with Crippen LogP contribution in [0.5, 0.6) is 5.75 Å². The van der Waals surface area contributed by atoms with Crippen LogP contribution in [0.25, 0.3) is 0 Å². The van der Waals surface area contributed by atoms with Crippen molar-refractivity contribution in [2.75, 3.05) is 13.7 Å². The molecule has 0 saturated carbocycles. The smallest absolute Gasteiger partial charge is 0.240 e. The Morgan fingerprint density at radius 2 is 1.89 bits per heavy atom. The van der Waals surface area contributed by atoms with Crippen molar-refractivity contribution in [2.24, 2.45) is 0 Å². The molecule has 0 spiro atoms. The van der Waals surface area contributed by atoms with Crippen LogP contribution >= 0.6 is 0 Å². The number of benzene rings is 1. The van der Waals surface area contributed by atoms with E-state index in [0.717, 1.165) is 5.56 Å². The Labute approximate surface area is 109 Å². The summed E-state index contributed by atoms with van der Waals surface area (Å²) in [4.78, 5) is 0.273. The SMILES string of the molecule is CCNS(=O)(=O)c1ccc(OC)c(C(C)(C)C)c1. The van der Waals surface area contributed by atoms with E-state index in [9.17, 15) is 8.42 Å². The average Bonchev–Trinajstić information content (AvgIpc) is 2.27. The van der Waals surface area contributed by atoms with Crippen LogP contribution < -0.4 is 9.46 Å². The summed E-state index contributed by atoms with van der Waals surface area (Å²) in [6, 6.07) is 4.94. The maximum absolute atomic E-state index is 12.0. The van der Waals surface area contributed by atoms with E-state index in [1.165, 1.54) is 0 Å². The van der Waals surface area contributed by atoms with Gasteiger partial charge in [0.15, 0.2) is 0 Å². The lowest BCUT2D eigenvalue weighted by atomic mass is 9.86. The summed E-state index contributed by atoms with van der Waals surface area (Å²) in [5.41, 5.74) is 0.701. The van der Waals surface area contributed by atoms with E-state index >= 15 is 0 Å². The first kappa shape index (κ1) is 15.0. The summed E-state index contributed by atoms with van der Waals surface area (Å²) in [5, 5.41) is 0. The molecule has 0 heterocycles. The number of hydrogen-bond acceptors (Lipinski definition) is 3. The van der Waals surface area contributed by atoms with Gasteiger partial charge in [-0.2, -0.15) is 0 Å². The molecule has 0 aliphatic rings. The Hall–Kier alpha value is -1.07. The molecule has 0 fully saturated rings. The number of hydrogen-bond donors (Lipinski definition) is 1. The molecule has 1 N–H and O–H groups in total. The van der Waals surface area contributed by atoms with Gasteiger partial charge >= 0.3 is 0 Å². The highest BCUT2D eigenvalue weighted by Gasteiger charge is 2.22. The van der Waals surface area contributed by atoms with Crippen LogP contribution in [-0.2, 0) is 15.4 Å². The summed E-state index contributed by atoms with van der Waals surface area (Å²) in [7, 11) is -1.84. The van der Waals surface area contributed by atoms with Gasteiger partial charge in [0.2, 0.25) is 10.0 Å². The highest BCUT2D eigenvalue weighted by Crippen LogP contribution is 2.32. The van der Waals surface area contributed by atoms with Crippen LogP contribution in [0.3, 0.4) is 0 Å². The molecule has 5 heteroatoms. The largest absolute Gasteiger partial charge is 0.496 e. The minimum atomic E-state index is -3.42. The number of rotatable bonds is 4. The molecule has 0 aliphatic carbocycles. The fourth-order valence-corrected chi connectivity index (χ4v) is 2.78. The van der Waals surface area contributed by atoms with Gasteiger partial charge < -0.3 is 4.74 Å². The van der Waals surface area contributed by atoms with Crippen molar-refractivity contribution < 1.29 is 13.2 Å². The van der Waals surface area contributed by atoms with Crippen LogP contribution in [-0.4, -0.2) is 22.1 Å². The monoisotopic (exact) mass is 271 g/mol. The lowest BCUT2D eigenvalue weighted by molar-refractivity contribution is 0.397. The van der Waals surface area contributed by atoms with Crippen LogP contribution in [0.2, 0.25) is 0 Å². The van der Waals surface area contributed by atoms with Gasteiger partial charge in [0.25, 0.3) is 0 Å². The van der Waals surface area contributed by atoms with E-state index in [2.05, 4.69) is 4.72 Å². The first-order valence-electron chi connectivity index (χ1n) is 5.90. The Morgan fingerprint density at radius 3 is 2.33 bits per heavy atom. The molecular weight excluding hydrogens is 250 g/mol. The van der Waals surface area contributed by atoms with Crippen molar-refractivity contribution in [2.45, 2.75) is 38.0 Å². The Balaban J connectivity index is 3.36. The van der Waals surface area contributed by atoms with Crippen LogP contribution in [0, 0.1) is 0 Å². The zero-order valence-electron chi connectivity index (χ0n) is 11.6. The van der Waals surface area contributed by atoms with E-state index in [1.807, 2.05) is 20.8 Å². The number of nitrogens with one attached hydrogen (secondary N) is 1. The van der Waals surface area contributed by atoms with Crippen LogP contribution in [0.15, 0.2) is 23.1 Å². The van der Waals surface area contributed by atoms with Gasteiger partial charge in [0.05, 0.1) is 12.0 Å². The zero-order valence-corrected chi connectivity index (χ0v) is 12.4. The van der Waals surface area contributed by atoms with Gasteiger partial charge in [-0.05, 0) is 23.6 Å². The van der Waals surface area contributed by atoms with Crippen molar-refractivity contribution >= 4 is 10.0 Å². The third-order valence-electron chi connectivity index (χ3n) is 2.62. The fourth-order valence-electron chi connectivity index (χ4n) is 1.71. The average molecular weight is 271 g/mol. The second-order valence-electron chi connectivity index (χ2n) is 5.11. The molecule has 102 valence electrons. The second-order valence-corrected chi connectivity index (χ2v) is 6.88. The minimum absolute atomic E-state index is 0.177. The minimum Gasteiger partial charge on any atom is -0.496 e. The summed E-state index contributed by atoms with van der Waals surface area (Å²) in [5.74, 6) is 0.706. The number of methoxy groups -OCH3 is 1. The highest BCUT2D eigenvalue weighted by atomic mass is 32.2. The van der Waals surface area contributed by atoms with Crippen LogP contribution in [0.4, 0.5) is 0 Å². The summed E-state index contributed by atoms with van der Waals surface area (Å²) in [6.45, 7) is 8.20. The number of ether oxygens (including phenoxy) is 1. The number of sulfonamides is 1. The van der Waals surface area contributed by atoms with Crippen molar-refractivity contribution in [3.05, 3.63) is 23.8 Å². The van der Waals surface area contributed by atoms with Crippen molar-refractivity contribution in [3.8, 4) is 5.75 Å². The molecule has 1 aromatic rings. The van der Waals surface area contributed by atoms with E-state index < -0.39 is 10.0 Å².